The molecule has 0 amide bonds. The Morgan fingerprint density at radius 2 is 2.12 bits per heavy atom. The van der Waals surface area contributed by atoms with Crippen LogP contribution in [0.5, 0.6) is 0 Å². The highest BCUT2D eigenvalue weighted by atomic mass is 32.2. The molecule has 0 bridgehead atoms. The molecule has 0 spiro atoms. The van der Waals surface area contributed by atoms with E-state index >= 15 is 0 Å². The average molecular weight is 249 g/mol. The highest BCUT2D eigenvalue weighted by Crippen LogP contribution is 2.34. The van der Waals surface area contributed by atoms with Gasteiger partial charge in [-0.1, -0.05) is 13.8 Å². The van der Waals surface area contributed by atoms with Crippen molar-refractivity contribution in [3.8, 4) is 0 Å². The Kier molecular flexibility index (Phi) is 4.76. The van der Waals surface area contributed by atoms with Gasteiger partial charge in [0.15, 0.2) is 9.84 Å². The molecule has 0 aromatic rings. The number of hydrogen-bond acceptors (Lipinski definition) is 4. The predicted octanol–water partition coefficient (Wildman–Crippen LogP) is 0.813. The van der Waals surface area contributed by atoms with Crippen molar-refractivity contribution in [3.05, 3.63) is 0 Å². The van der Waals surface area contributed by atoms with Crippen molar-refractivity contribution in [2.24, 2.45) is 17.1 Å². The monoisotopic (exact) mass is 249 g/mol. The highest BCUT2D eigenvalue weighted by Gasteiger charge is 2.40. The molecule has 0 saturated carbocycles. The molecular formula is C11H23NO3S. The molecule has 1 atom stereocenters. The summed E-state index contributed by atoms with van der Waals surface area (Å²) in [4.78, 5) is 0. The van der Waals surface area contributed by atoms with E-state index in [4.69, 9.17) is 10.5 Å². The third-order valence-electron chi connectivity index (χ3n) is 3.13. The summed E-state index contributed by atoms with van der Waals surface area (Å²) in [6.45, 7) is 5.98. The molecule has 1 fully saturated rings. The summed E-state index contributed by atoms with van der Waals surface area (Å²) in [5.41, 5.74) is 5.49. The molecule has 16 heavy (non-hydrogen) atoms. The highest BCUT2D eigenvalue weighted by molar-refractivity contribution is 7.91. The minimum atomic E-state index is -2.86. The second-order valence-corrected chi connectivity index (χ2v) is 7.45. The van der Waals surface area contributed by atoms with Gasteiger partial charge in [-0.05, 0) is 30.7 Å². The number of nitrogens with two attached hydrogens (primary N) is 1. The lowest BCUT2D eigenvalue weighted by Crippen LogP contribution is -2.33. The van der Waals surface area contributed by atoms with Gasteiger partial charge in [0.05, 0.1) is 11.5 Å². The van der Waals surface area contributed by atoms with E-state index in [0.717, 1.165) is 13.0 Å². The average Bonchev–Trinajstić information content (AvgIpc) is 2.50. The molecule has 2 N–H and O–H groups in total. The van der Waals surface area contributed by atoms with E-state index < -0.39 is 9.84 Å². The Hall–Kier alpha value is -0.130. The first-order valence-corrected chi connectivity index (χ1v) is 7.69. The van der Waals surface area contributed by atoms with Crippen LogP contribution in [0.15, 0.2) is 0 Å². The van der Waals surface area contributed by atoms with Gasteiger partial charge in [0.1, 0.15) is 0 Å². The quantitative estimate of drug-likeness (QED) is 0.707. The predicted molar refractivity (Wildman–Crippen MR) is 65.0 cm³/mol. The minimum absolute atomic E-state index is 0.226. The van der Waals surface area contributed by atoms with Crippen molar-refractivity contribution >= 4 is 9.84 Å². The molecule has 0 radical (unpaired) electrons. The van der Waals surface area contributed by atoms with E-state index in [9.17, 15) is 8.42 Å². The molecule has 1 aliphatic heterocycles. The van der Waals surface area contributed by atoms with Crippen LogP contribution in [-0.4, -0.2) is 39.7 Å². The lowest BCUT2D eigenvalue weighted by atomic mass is 9.84. The fourth-order valence-electron chi connectivity index (χ4n) is 2.05. The number of ether oxygens (including phenoxy) is 1. The van der Waals surface area contributed by atoms with Gasteiger partial charge in [0.2, 0.25) is 0 Å². The lowest BCUT2D eigenvalue weighted by Gasteiger charge is -2.25. The topological polar surface area (TPSA) is 69.4 Å². The van der Waals surface area contributed by atoms with Crippen molar-refractivity contribution in [1.29, 1.82) is 0 Å². The van der Waals surface area contributed by atoms with E-state index in [1.54, 1.807) is 0 Å². The normalized spacial score (nSPS) is 28.8. The van der Waals surface area contributed by atoms with Gasteiger partial charge in [0, 0.05) is 13.2 Å². The van der Waals surface area contributed by atoms with Crippen LogP contribution in [0.1, 0.15) is 26.7 Å². The zero-order valence-electron chi connectivity index (χ0n) is 10.2. The van der Waals surface area contributed by atoms with E-state index in [0.29, 0.717) is 25.5 Å². The summed E-state index contributed by atoms with van der Waals surface area (Å²) in [7, 11) is -2.86. The third kappa shape index (κ3) is 4.03. The molecule has 4 nitrogen and oxygen atoms in total. The lowest BCUT2D eigenvalue weighted by molar-refractivity contribution is 0.0838. The number of hydrogen-bond donors (Lipinski definition) is 1. The van der Waals surface area contributed by atoms with Crippen LogP contribution < -0.4 is 5.73 Å². The molecule has 1 rings (SSSR count). The Labute approximate surface area is 98.5 Å². The maximum absolute atomic E-state index is 11.4. The Morgan fingerprint density at radius 1 is 1.44 bits per heavy atom. The molecular weight excluding hydrogens is 226 g/mol. The summed E-state index contributed by atoms with van der Waals surface area (Å²) >= 11 is 0. The summed E-state index contributed by atoms with van der Waals surface area (Å²) in [5, 5.41) is 0. The van der Waals surface area contributed by atoms with Crippen LogP contribution in [0, 0.1) is 11.3 Å². The fraction of sp³-hybridized carbons (Fsp3) is 1.00. The number of sulfone groups is 1. The van der Waals surface area contributed by atoms with E-state index in [1.165, 1.54) is 0 Å². The zero-order valence-corrected chi connectivity index (χ0v) is 11.1. The molecule has 0 aromatic heterocycles. The summed E-state index contributed by atoms with van der Waals surface area (Å²) in [6.07, 6.45) is 1.45. The Bertz CT molecular complexity index is 313. The first-order valence-electron chi connectivity index (χ1n) is 5.87. The molecule has 1 aliphatic rings. The maximum Gasteiger partial charge on any atom is 0.150 e. The van der Waals surface area contributed by atoms with E-state index in [-0.39, 0.29) is 16.9 Å². The SMILES string of the molecule is CC(C)COCCC1(CN)CCS(=O)(=O)C1. The van der Waals surface area contributed by atoms with Crippen molar-refractivity contribution in [3.63, 3.8) is 0 Å². The molecule has 5 heteroatoms. The van der Waals surface area contributed by atoms with Crippen molar-refractivity contribution in [2.75, 3.05) is 31.3 Å². The van der Waals surface area contributed by atoms with Crippen molar-refractivity contribution in [2.45, 2.75) is 26.7 Å². The Morgan fingerprint density at radius 3 is 2.56 bits per heavy atom. The molecule has 0 aromatic carbocycles. The van der Waals surface area contributed by atoms with E-state index in [2.05, 4.69) is 13.8 Å². The van der Waals surface area contributed by atoms with Gasteiger partial charge in [-0.2, -0.15) is 0 Å². The smallest absolute Gasteiger partial charge is 0.150 e. The summed E-state index contributed by atoms with van der Waals surface area (Å²) < 4.78 is 28.4. The van der Waals surface area contributed by atoms with Crippen LogP contribution in [0.2, 0.25) is 0 Å². The molecule has 0 aliphatic carbocycles. The fourth-order valence-corrected chi connectivity index (χ4v) is 4.28. The van der Waals surface area contributed by atoms with Gasteiger partial charge < -0.3 is 10.5 Å². The van der Waals surface area contributed by atoms with E-state index in [1.807, 2.05) is 0 Å². The Balaban J connectivity index is 2.38. The summed E-state index contributed by atoms with van der Waals surface area (Å²) in [6, 6.07) is 0. The minimum Gasteiger partial charge on any atom is -0.381 e. The van der Waals surface area contributed by atoms with Crippen LogP contribution in [0.25, 0.3) is 0 Å². The molecule has 96 valence electrons. The van der Waals surface area contributed by atoms with Crippen molar-refractivity contribution < 1.29 is 13.2 Å². The van der Waals surface area contributed by atoms with Crippen LogP contribution >= 0.6 is 0 Å². The maximum atomic E-state index is 11.4. The van der Waals surface area contributed by atoms with Crippen LogP contribution in [0.4, 0.5) is 0 Å². The molecule has 1 unspecified atom stereocenters. The molecule has 1 heterocycles. The second kappa shape index (κ2) is 5.47. The summed E-state index contributed by atoms with van der Waals surface area (Å²) in [5.74, 6) is 1.04. The van der Waals surface area contributed by atoms with Gasteiger partial charge >= 0.3 is 0 Å². The number of rotatable bonds is 6. The third-order valence-corrected chi connectivity index (χ3v) is 5.01. The first-order chi connectivity index (χ1) is 7.39. The van der Waals surface area contributed by atoms with Gasteiger partial charge in [-0.25, -0.2) is 8.42 Å². The second-order valence-electron chi connectivity index (χ2n) is 5.26. The van der Waals surface area contributed by atoms with Gasteiger partial charge in [0.25, 0.3) is 0 Å². The molecule has 1 saturated heterocycles. The van der Waals surface area contributed by atoms with Gasteiger partial charge in [-0.15, -0.1) is 0 Å². The van der Waals surface area contributed by atoms with Crippen molar-refractivity contribution in [1.82, 2.24) is 0 Å². The first kappa shape index (κ1) is 13.9. The largest absolute Gasteiger partial charge is 0.381 e. The van der Waals surface area contributed by atoms with Crippen LogP contribution in [0.3, 0.4) is 0 Å². The standard InChI is InChI=1S/C11H23NO3S/c1-10(2)7-15-5-3-11(8-12)4-6-16(13,14)9-11/h10H,3-9,12H2,1-2H3. The zero-order chi connectivity index (χ0) is 12.2. The van der Waals surface area contributed by atoms with Crippen LogP contribution in [-0.2, 0) is 14.6 Å². The van der Waals surface area contributed by atoms with Gasteiger partial charge in [-0.3, -0.25) is 0 Å².